The Morgan fingerprint density at radius 2 is 1.61 bits per heavy atom. The van der Waals surface area contributed by atoms with E-state index in [0.717, 1.165) is 39.4 Å². The Kier molecular flexibility index (Phi) is 6.70. The van der Waals surface area contributed by atoms with E-state index < -0.39 is 76.6 Å². The highest BCUT2D eigenvalue weighted by molar-refractivity contribution is 9.10. The van der Waals surface area contributed by atoms with E-state index in [2.05, 4.69) is 36.5 Å². The number of fused-ring (bicyclic) bond motifs is 4. The molecule has 236 valence electrons. The number of aromatic nitrogens is 1. The molecule has 1 fully saturated rings. The number of nitrogens with zero attached hydrogens (tertiary/aromatic N) is 3. The smallest absolute Gasteiger partial charge is 0.260 e. The highest BCUT2D eigenvalue weighted by Crippen LogP contribution is 2.56. The first-order chi connectivity index (χ1) is 21.9. The number of H-pyrrole nitrogens is 1. The quantitative estimate of drug-likeness (QED) is 0.121. The molecule has 1 aromatic carbocycles. The van der Waals surface area contributed by atoms with Crippen LogP contribution in [-0.4, -0.2) is 76.8 Å². The normalized spacial score (nSPS) is 20.0. The highest BCUT2D eigenvalue weighted by Gasteiger charge is 2.53. The number of phenolic OH excluding ortho intramolecular Hbond substituents is 1. The molecule has 15 heteroatoms. The second-order valence-corrected chi connectivity index (χ2v) is 12.5. The van der Waals surface area contributed by atoms with Gasteiger partial charge in [-0.3, -0.25) is 24.0 Å². The number of hydrogen-bond donors (Lipinski definition) is 5. The second kappa shape index (κ2) is 10.3. The largest absolute Gasteiger partial charge is 0.510 e. The minimum atomic E-state index is -2.00. The molecular formula is C31H26BrN5O9. The number of likely N-dealkylation sites (N-methyl/N-ethyl adjacent to an activating group) is 1. The van der Waals surface area contributed by atoms with Crippen LogP contribution in [0.2, 0.25) is 0 Å². The zero-order valence-electron chi connectivity index (χ0n) is 24.5. The summed E-state index contributed by atoms with van der Waals surface area (Å²) in [6, 6.07) is 2.39. The molecule has 0 unspecified atom stereocenters. The number of halogens is 1. The highest BCUT2D eigenvalue weighted by atomic mass is 79.9. The van der Waals surface area contributed by atoms with Gasteiger partial charge in [0.15, 0.2) is 11.2 Å². The monoisotopic (exact) mass is 691 g/mol. The maximum atomic E-state index is 13.7. The molecule has 0 bridgehead atoms. The Labute approximate surface area is 265 Å². The second-order valence-electron chi connectivity index (χ2n) is 11.7. The van der Waals surface area contributed by atoms with Crippen molar-refractivity contribution in [3.63, 3.8) is 0 Å². The first-order valence-corrected chi connectivity index (χ1v) is 15.1. The lowest BCUT2D eigenvalue weighted by atomic mass is 9.78. The van der Waals surface area contributed by atoms with Crippen LogP contribution in [0.4, 0.5) is 0 Å². The Bertz CT molecular complexity index is 2530. The van der Waals surface area contributed by atoms with Crippen molar-refractivity contribution in [2.75, 3.05) is 40.3 Å². The van der Waals surface area contributed by atoms with Gasteiger partial charge in [-0.2, -0.15) is 5.10 Å². The minimum Gasteiger partial charge on any atom is -0.510 e. The average molecular weight is 692 g/mol. The average Bonchev–Trinajstić information content (AvgIpc) is 3.54. The van der Waals surface area contributed by atoms with Crippen molar-refractivity contribution in [1.29, 1.82) is 0 Å². The number of aliphatic hydroxyl groups is 2. The molecule has 2 heterocycles. The fourth-order valence-corrected chi connectivity index (χ4v) is 7.68. The molecule has 0 radical (unpaired) electrons. The van der Waals surface area contributed by atoms with Crippen molar-refractivity contribution < 1.29 is 20.1 Å². The number of hydrazine groups is 1. The van der Waals surface area contributed by atoms with Gasteiger partial charge in [-0.25, -0.2) is 10.5 Å². The zero-order valence-corrected chi connectivity index (χ0v) is 26.1. The van der Waals surface area contributed by atoms with Crippen molar-refractivity contribution in [1.82, 2.24) is 20.4 Å². The molecule has 4 aliphatic carbocycles. The van der Waals surface area contributed by atoms with Gasteiger partial charge in [0, 0.05) is 47.7 Å². The summed E-state index contributed by atoms with van der Waals surface area (Å²) in [4.78, 5) is 71.4. The Morgan fingerprint density at radius 3 is 2.26 bits per heavy atom. The van der Waals surface area contributed by atoms with Crippen molar-refractivity contribution in [2.45, 2.75) is 18.3 Å². The summed E-state index contributed by atoms with van der Waals surface area (Å²) >= 11 is 3.54. The fraction of sp³-hybridized carbons (Fsp3) is 0.290. The lowest BCUT2D eigenvalue weighted by Crippen LogP contribution is -2.51. The Balaban J connectivity index is 1.44. The first-order valence-electron chi connectivity index (χ1n) is 14.3. The molecule has 1 aliphatic heterocycles. The van der Waals surface area contributed by atoms with Crippen LogP contribution < -0.4 is 48.0 Å². The lowest BCUT2D eigenvalue weighted by Gasteiger charge is -2.31. The molecule has 46 heavy (non-hydrogen) atoms. The van der Waals surface area contributed by atoms with E-state index in [9.17, 15) is 39.3 Å². The van der Waals surface area contributed by atoms with E-state index >= 15 is 0 Å². The lowest BCUT2D eigenvalue weighted by molar-refractivity contribution is 0.107. The molecule has 14 nitrogen and oxygen atoms in total. The summed E-state index contributed by atoms with van der Waals surface area (Å²) < 4.78 is 5.30. The summed E-state index contributed by atoms with van der Waals surface area (Å²) in [6.07, 6.45) is 1.47. The number of aromatic amines is 1. The van der Waals surface area contributed by atoms with E-state index in [-0.39, 0.29) is 23.8 Å². The molecule has 5 N–H and O–H groups in total. The standard InChI is InChI=1S/C31H26BrN5O9/c1-36-5-7-37(8-6-36)35-33-11-12-9-14-17(30(45)34-12)27(42)22-13(23(14)32)3-4-31(22)28(43)20-21(29(31)44)26(41)19-18(25(20)40)15(38)10-16(46-2)24(19)39/h9-11,35,42-44H,3-8H2,1-2H3,(H,34,45)/t31-/m0/s1. The summed E-state index contributed by atoms with van der Waals surface area (Å²) in [5.74, 6) is -2.55. The number of nitrogens with one attached hydrogen (secondary N) is 2. The van der Waals surface area contributed by atoms with Crippen LogP contribution in [0.3, 0.4) is 0 Å². The molecule has 0 saturated carbocycles. The zero-order chi connectivity index (χ0) is 32.8. The molecule has 0 amide bonds. The number of aromatic hydroxyl groups is 1. The Morgan fingerprint density at radius 1 is 0.957 bits per heavy atom. The number of methoxy groups -OCH3 is 1. The molecule has 2 aromatic rings. The number of hydrogen-bond acceptors (Lipinski definition) is 13. The number of pyridine rings is 1. The van der Waals surface area contributed by atoms with Gasteiger partial charge in [-0.05, 0) is 47.4 Å². The third-order valence-electron chi connectivity index (χ3n) is 9.28. The summed E-state index contributed by atoms with van der Waals surface area (Å²) in [5.41, 5.74) is -3.30. The molecule has 1 spiro atoms. The van der Waals surface area contributed by atoms with Crippen LogP contribution in [0.25, 0.3) is 22.3 Å². The number of ether oxygens (including phenoxy) is 1. The van der Waals surface area contributed by atoms with Gasteiger partial charge in [0.2, 0.25) is 16.3 Å². The Hall–Kier alpha value is -4.86. The summed E-state index contributed by atoms with van der Waals surface area (Å²) in [6.45, 7) is 3.26. The van der Waals surface area contributed by atoms with Crippen LogP contribution >= 0.6 is 15.9 Å². The van der Waals surface area contributed by atoms with Gasteiger partial charge in [0.25, 0.3) is 5.56 Å². The van der Waals surface area contributed by atoms with Crippen molar-refractivity contribution >= 4 is 44.4 Å². The maximum absolute atomic E-state index is 13.7. The van der Waals surface area contributed by atoms with Gasteiger partial charge in [0.05, 0.1) is 45.3 Å². The van der Waals surface area contributed by atoms with E-state index in [1.807, 2.05) is 12.1 Å². The van der Waals surface area contributed by atoms with Gasteiger partial charge in [0.1, 0.15) is 22.7 Å². The van der Waals surface area contributed by atoms with Gasteiger partial charge < -0.3 is 29.9 Å². The van der Waals surface area contributed by atoms with Crippen LogP contribution in [-0.2, 0) is 11.8 Å². The number of hydrazone groups is 1. The number of piperazine rings is 1. The van der Waals surface area contributed by atoms with Crippen LogP contribution in [0.5, 0.6) is 11.5 Å². The SMILES string of the molecule is COc1cc(=O)c2c(=O)c3c(c(=O)c=2c1=O)=C(O)[C@]1(CCc2c1c(O)c1c(=O)[nH]c(C=NNN4CCN(C)CC4)cc1c2Br)C=3O. The molecule has 1 aromatic heterocycles. The third kappa shape index (κ3) is 3.88. The van der Waals surface area contributed by atoms with E-state index in [1.54, 1.807) is 6.07 Å². The molecular weight excluding hydrogens is 666 g/mol. The van der Waals surface area contributed by atoms with E-state index in [4.69, 9.17) is 4.74 Å². The van der Waals surface area contributed by atoms with Gasteiger partial charge in [-0.1, -0.05) is 0 Å². The van der Waals surface area contributed by atoms with Crippen molar-refractivity contribution in [3.05, 3.63) is 106 Å². The van der Waals surface area contributed by atoms with Crippen molar-refractivity contribution in [3.8, 4) is 11.5 Å². The van der Waals surface area contributed by atoms with Crippen LogP contribution in [0.15, 0.2) is 45.7 Å². The van der Waals surface area contributed by atoms with Crippen LogP contribution in [0, 0.1) is 10.4 Å². The fourth-order valence-electron chi connectivity index (χ4n) is 6.97. The van der Waals surface area contributed by atoms with E-state index in [0.29, 0.717) is 21.1 Å². The summed E-state index contributed by atoms with van der Waals surface area (Å²) in [5, 5.41) is 38.5. The topological polar surface area (TPSA) is 202 Å². The molecule has 5 aliphatic rings. The van der Waals surface area contributed by atoms with Gasteiger partial charge in [-0.15, -0.1) is 0 Å². The third-order valence-corrected chi connectivity index (χ3v) is 10.2. The minimum absolute atomic E-state index is 0.0770. The number of phenols is 1. The number of rotatable bonds is 4. The number of aliphatic hydroxyl groups excluding tert-OH is 2. The molecule has 1 saturated heterocycles. The van der Waals surface area contributed by atoms with Crippen molar-refractivity contribution in [2.24, 2.45) is 5.10 Å². The maximum Gasteiger partial charge on any atom is 0.260 e. The van der Waals surface area contributed by atoms with Crippen LogP contribution in [0.1, 0.15) is 23.2 Å². The van der Waals surface area contributed by atoms with Gasteiger partial charge >= 0.3 is 0 Å². The predicted molar refractivity (Wildman–Crippen MR) is 171 cm³/mol. The number of benzene rings is 1. The summed E-state index contributed by atoms with van der Waals surface area (Å²) in [7, 11) is 3.16. The first kappa shape index (κ1) is 29.8. The molecule has 1 atom stereocenters. The molecule has 7 rings (SSSR count). The predicted octanol–water partition coefficient (Wildman–Crippen LogP) is -1.64. The van der Waals surface area contributed by atoms with E-state index in [1.165, 1.54) is 6.21 Å².